The Kier molecular flexibility index (Phi) is 5.00. The summed E-state index contributed by atoms with van der Waals surface area (Å²) in [4.78, 5) is 0. The van der Waals surface area contributed by atoms with Gasteiger partial charge in [0.15, 0.2) is 0 Å². The molecule has 0 unspecified atom stereocenters. The molecule has 1 N–H and O–H groups in total. The molecule has 168 valence electrons. The molecule has 2 nitrogen and oxygen atoms in total. The Morgan fingerprint density at radius 1 is 0.548 bits per heavy atom. The third-order valence-corrected chi connectivity index (χ3v) is 4.29. The van der Waals surface area contributed by atoms with Gasteiger partial charge in [0, 0.05) is 0 Å². The van der Waals surface area contributed by atoms with E-state index in [-0.39, 0.29) is 12.1 Å². The van der Waals surface area contributed by atoms with E-state index in [0.717, 1.165) is 0 Å². The second kappa shape index (κ2) is 6.71. The van der Waals surface area contributed by atoms with Crippen molar-refractivity contribution in [3.8, 4) is 11.5 Å². The van der Waals surface area contributed by atoms with Crippen molar-refractivity contribution in [2.75, 3.05) is 0 Å². The van der Waals surface area contributed by atoms with Crippen LogP contribution in [0.5, 0.6) is 11.5 Å². The van der Waals surface area contributed by atoms with E-state index in [9.17, 15) is 57.7 Å². The summed E-state index contributed by atoms with van der Waals surface area (Å²) in [6.45, 7) is -2.70. The predicted octanol–water partition coefficient (Wildman–Crippen LogP) is 4.97. The summed E-state index contributed by atoms with van der Waals surface area (Å²) in [6, 6.07) is -0.945. The Bertz CT molecular complexity index is 952. The molecule has 1 aliphatic rings. The molecule has 2 aromatic rings. The van der Waals surface area contributed by atoms with E-state index in [4.69, 9.17) is 0 Å². The molecule has 1 heterocycles. The molecule has 0 aromatic heterocycles. The summed E-state index contributed by atoms with van der Waals surface area (Å²) in [6.07, 6.45) is -21.9. The highest BCUT2D eigenvalue weighted by Gasteiger charge is 2.48. The van der Waals surface area contributed by atoms with Crippen LogP contribution in [-0.2, 0) is 24.7 Å². The molecule has 0 radical (unpaired) electrons. The SMILES string of the molecule is OB1c2cc(C(F)(F)F)cc(C(F)(F)F)c2Oc2c1cc(C(F)(F)F)cc2C(F)(F)F. The highest BCUT2D eigenvalue weighted by Crippen LogP contribution is 2.46. The summed E-state index contributed by atoms with van der Waals surface area (Å²) >= 11 is 0. The lowest BCUT2D eigenvalue weighted by atomic mass is 9.53. The Morgan fingerprint density at radius 2 is 0.871 bits per heavy atom. The normalized spacial score (nSPS) is 14.8. The zero-order chi connectivity index (χ0) is 23.7. The van der Waals surface area contributed by atoms with Gasteiger partial charge >= 0.3 is 31.6 Å². The largest absolute Gasteiger partial charge is 0.457 e. The van der Waals surface area contributed by atoms with Crippen LogP contribution in [0.2, 0.25) is 0 Å². The van der Waals surface area contributed by atoms with E-state index in [1.165, 1.54) is 0 Å². The third-order valence-electron chi connectivity index (χ3n) is 4.29. The molecular weight excluding hydrogens is 463 g/mol. The topological polar surface area (TPSA) is 29.5 Å². The van der Waals surface area contributed by atoms with Gasteiger partial charge in [-0.1, -0.05) is 0 Å². The zero-order valence-electron chi connectivity index (χ0n) is 14.3. The minimum atomic E-state index is -5.56. The van der Waals surface area contributed by atoms with Gasteiger partial charge in [0.2, 0.25) is 0 Å². The number of ether oxygens (including phenoxy) is 1. The molecule has 0 atom stereocenters. The molecule has 3 rings (SSSR count). The number of halogens is 12. The van der Waals surface area contributed by atoms with Gasteiger partial charge in [0.25, 0.3) is 0 Å². The van der Waals surface area contributed by atoms with Crippen molar-refractivity contribution in [2.45, 2.75) is 24.7 Å². The fraction of sp³-hybridized carbons (Fsp3) is 0.250. The molecule has 0 saturated carbocycles. The smallest absolute Gasteiger partial charge is 0.419 e. The quantitative estimate of drug-likeness (QED) is 0.438. The van der Waals surface area contributed by atoms with Crippen molar-refractivity contribution >= 4 is 17.8 Å². The van der Waals surface area contributed by atoms with Crippen LogP contribution in [0.1, 0.15) is 22.3 Å². The van der Waals surface area contributed by atoms with E-state index in [2.05, 4.69) is 4.74 Å². The van der Waals surface area contributed by atoms with Crippen molar-refractivity contribution in [3.05, 3.63) is 46.5 Å². The predicted molar refractivity (Wildman–Crippen MR) is 80.2 cm³/mol. The number of benzene rings is 2. The van der Waals surface area contributed by atoms with Crippen LogP contribution in [0, 0.1) is 0 Å². The molecule has 0 spiro atoms. The first-order valence-electron chi connectivity index (χ1n) is 7.82. The molecule has 2 aromatic carbocycles. The summed E-state index contributed by atoms with van der Waals surface area (Å²) in [5.74, 6) is -3.16. The molecule has 15 heteroatoms. The fourth-order valence-corrected chi connectivity index (χ4v) is 2.95. The lowest BCUT2D eigenvalue weighted by Gasteiger charge is -2.29. The van der Waals surface area contributed by atoms with E-state index >= 15 is 0 Å². The maximum atomic E-state index is 13.3. The van der Waals surface area contributed by atoms with Crippen LogP contribution < -0.4 is 15.7 Å². The summed E-state index contributed by atoms with van der Waals surface area (Å²) in [7, 11) is 0. The van der Waals surface area contributed by atoms with Crippen LogP contribution in [0.25, 0.3) is 0 Å². The van der Waals surface area contributed by atoms with Crippen LogP contribution in [0.15, 0.2) is 24.3 Å². The summed E-state index contributed by atoms with van der Waals surface area (Å²) < 4.78 is 162. The third kappa shape index (κ3) is 4.14. The Balaban J connectivity index is 2.37. The molecule has 0 bridgehead atoms. The number of rotatable bonds is 0. The second-order valence-corrected chi connectivity index (χ2v) is 6.38. The first-order valence-corrected chi connectivity index (χ1v) is 7.82. The molecular formula is C16H5BF12O2. The number of hydrogen-bond acceptors (Lipinski definition) is 2. The lowest BCUT2D eigenvalue weighted by molar-refractivity contribution is -0.144. The van der Waals surface area contributed by atoms with Crippen LogP contribution in [0.4, 0.5) is 52.7 Å². The van der Waals surface area contributed by atoms with Crippen LogP contribution in [-0.4, -0.2) is 11.9 Å². The Labute approximate surface area is 164 Å². The second-order valence-electron chi connectivity index (χ2n) is 6.38. The molecule has 1 aliphatic heterocycles. The summed E-state index contributed by atoms with van der Waals surface area (Å²) in [5, 5.41) is 10.2. The monoisotopic (exact) mass is 468 g/mol. The van der Waals surface area contributed by atoms with Crippen molar-refractivity contribution in [1.29, 1.82) is 0 Å². The number of fused-ring (bicyclic) bond motifs is 2. The van der Waals surface area contributed by atoms with E-state index < -0.39 is 88.4 Å². The van der Waals surface area contributed by atoms with Crippen molar-refractivity contribution in [2.24, 2.45) is 0 Å². The van der Waals surface area contributed by atoms with E-state index in [1.807, 2.05) is 0 Å². The highest BCUT2D eigenvalue weighted by atomic mass is 19.4. The average Bonchev–Trinajstić information content (AvgIpc) is 2.57. The minimum absolute atomic E-state index is 0.0360. The molecule has 0 aliphatic carbocycles. The Hall–Kier alpha value is -2.58. The van der Waals surface area contributed by atoms with Gasteiger partial charge in [-0.25, -0.2) is 0 Å². The lowest BCUT2D eigenvalue weighted by Crippen LogP contribution is -2.48. The van der Waals surface area contributed by atoms with Gasteiger partial charge < -0.3 is 9.76 Å². The highest BCUT2D eigenvalue weighted by molar-refractivity contribution is 6.81. The van der Waals surface area contributed by atoms with Gasteiger partial charge in [-0.15, -0.1) is 0 Å². The first-order chi connectivity index (χ1) is 13.8. The fourth-order valence-electron chi connectivity index (χ4n) is 2.95. The van der Waals surface area contributed by atoms with E-state index in [1.54, 1.807) is 0 Å². The summed E-state index contributed by atoms with van der Waals surface area (Å²) in [5.41, 5.74) is -10.8. The Morgan fingerprint density at radius 3 is 1.13 bits per heavy atom. The number of hydrogen-bond donors (Lipinski definition) is 1. The van der Waals surface area contributed by atoms with Crippen molar-refractivity contribution in [1.82, 2.24) is 0 Å². The van der Waals surface area contributed by atoms with Gasteiger partial charge in [-0.3, -0.25) is 0 Å². The van der Waals surface area contributed by atoms with Crippen LogP contribution >= 0.6 is 0 Å². The van der Waals surface area contributed by atoms with Gasteiger partial charge in [0.1, 0.15) is 11.5 Å². The molecule has 0 amide bonds. The standard InChI is InChI=1S/C16H5BF12O2/c18-13(19,20)5-1-7(15(24,25)26)11-9(3-5)17(30)10-4-6(14(21,22)23)2-8(12(10)31-11)16(27,28)29/h1-4,30H. The van der Waals surface area contributed by atoms with Crippen molar-refractivity contribution < 1.29 is 62.4 Å². The molecule has 0 fully saturated rings. The van der Waals surface area contributed by atoms with Gasteiger partial charge in [-0.2, -0.15) is 52.7 Å². The zero-order valence-corrected chi connectivity index (χ0v) is 14.3. The van der Waals surface area contributed by atoms with Gasteiger partial charge in [0.05, 0.1) is 22.3 Å². The van der Waals surface area contributed by atoms with Crippen molar-refractivity contribution in [3.63, 3.8) is 0 Å². The molecule has 31 heavy (non-hydrogen) atoms. The first kappa shape index (κ1) is 23.1. The minimum Gasteiger partial charge on any atom is -0.457 e. The number of alkyl halides is 12. The maximum Gasteiger partial charge on any atom is 0.419 e. The maximum absolute atomic E-state index is 13.3. The van der Waals surface area contributed by atoms with Gasteiger partial charge in [-0.05, 0) is 35.2 Å². The van der Waals surface area contributed by atoms with Crippen LogP contribution in [0.3, 0.4) is 0 Å². The molecule has 0 saturated heterocycles. The average molecular weight is 468 g/mol. The van der Waals surface area contributed by atoms with E-state index in [0.29, 0.717) is 0 Å².